The van der Waals surface area contributed by atoms with Gasteiger partial charge < -0.3 is 14.4 Å². The molecule has 0 saturated carbocycles. The van der Waals surface area contributed by atoms with Crippen LogP contribution in [0.5, 0.6) is 0 Å². The Hall–Kier alpha value is -3.22. The van der Waals surface area contributed by atoms with E-state index in [1.807, 2.05) is 31.2 Å². The van der Waals surface area contributed by atoms with Crippen LogP contribution >= 0.6 is 0 Å². The second-order valence-corrected chi connectivity index (χ2v) is 5.44. The van der Waals surface area contributed by atoms with Crippen molar-refractivity contribution in [3.05, 3.63) is 70.0 Å². The first-order valence-corrected chi connectivity index (χ1v) is 7.36. The summed E-state index contributed by atoms with van der Waals surface area (Å²) in [6.45, 7) is 2.14. The summed E-state index contributed by atoms with van der Waals surface area (Å²) in [7, 11) is 1.79. The average Bonchev–Trinajstić information content (AvgIpc) is 3.11. The number of rotatable bonds is 4. The third kappa shape index (κ3) is 3.24. The SMILES string of the molecule is Cc1cc(=O)c(C(=O)NCc2ccc(-c3ncon3)cc2)cn1C. The standard InChI is InChI=1S/C17H16N4O3/c1-11-7-15(22)14(9-21(11)2)17(23)18-8-12-3-5-13(6-4-12)16-19-10-24-20-16/h3-7,9-10H,8H2,1-2H3,(H,18,23). The van der Waals surface area contributed by atoms with Crippen molar-refractivity contribution in [1.82, 2.24) is 20.0 Å². The number of aryl methyl sites for hydroxylation is 2. The topological polar surface area (TPSA) is 90.0 Å². The average molecular weight is 324 g/mol. The normalized spacial score (nSPS) is 10.6. The van der Waals surface area contributed by atoms with Gasteiger partial charge in [-0.3, -0.25) is 9.59 Å². The van der Waals surface area contributed by atoms with Crippen molar-refractivity contribution in [1.29, 1.82) is 0 Å². The minimum atomic E-state index is -0.391. The van der Waals surface area contributed by atoms with Crippen molar-refractivity contribution in [3.63, 3.8) is 0 Å². The van der Waals surface area contributed by atoms with E-state index in [9.17, 15) is 9.59 Å². The Morgan fingerprint density at radius 1 is 1.29 bits per heavy atom. The van der Waals surface area contributed by atoms with Crippen LogP contribution in [-0.4, -0.2) is 20.6 Å². The van der Waals surface area contributed by atoms with E-state index in [1.165, 1.54) is 12.5 Å². The number of nitrogens with zero attached hydrogens (tertiary/aromatic N) is 3. The molecular formula is C17H16N4O3. The quantitative estimate of drug-likeness (QED) is 0.788. The monoisotopic (exact) mass is 324 g/mol. The van der Waals surface area contributed by atoms with Crippen molar-refractivity contribution in [3.8, 4) is 11.4 Å². The number of carbonyl (C=O) groups is 1. The van der Waals surface area contributed by atoms with Gasteiger partial charge in [-0.2, -0.15) is 4.98 Å². The zero-order valence-electron chi connectivity index (χ0n) is 13.3. The molecule has 1 N–H and O–H groups in total. The highest BCUT2D eigenvalue weighted by Gasteiger charge is 2.11. The Balaban J connectivity index is 1.68. The summed E-state index contributed by atoms with van der Waals surface area (Å²) >= 11 is 0. The molecule has 0 unspecified atom stereocenters. The lowest BCUT2D eigenvalue weighted by Crippen LogP contribution is -2.29. The number of hydrogen-bond donors (Lipinski definition) is 1. The summed E-state index contributed by atoms with van der Waals surface area (Å²) in [5, 5.41) is 6.52. The molecule has 0 aliphatic rings. The second-order valence-electron chi connectivity index (χ2n) is 5.44. The van der Waals surface area contributed by atoms with E-state index >= 15 is 0 Å². The third-order valence-electron chi connectivity index (χ3n) is 3.76. The zero-order valence-corrected chi connectivity index (χ0v) is 13.3. The number of carbonyl (C=O) groups excluding carboxylic acids is 1. The maximum Gasteiger partial charge on any atom is 0.257 e. The van der Waals surface area contributed by atoms with Gasteiger partial charge in [0.05, 0.1) is 0 Å². The summed E-state index contributed by atoms with van der Waals surface area (Å²) < 4.78 is 6.45. The number of benzene rings is 1. The second kappa shape index (κ2) is 6.49. The van der Waals surface area contributed by atoms with Gasteiger partial charge in [-0.1, -0.05) is 29.4 Å². The fraction of sp³-hybridized carbons (Fsp3) is 0.176. The number of pyridine rings is 1. The van der Waals surface area contributed by atoms with Crippen LogP contribution in [0.4, 0.5) is 0 Å². The highest BCUT2D eigenvalue weighted by molar-refractivity contribution is 5.93. The summed E-state index contributed by atoms with van der Waals surface area (Å²) in [6, 6.07) is 8.86. The van der Waals surface area contributed by atoms with Crippen LogP contribution in [0.25, 0.3) is 11.4 Å². The first kappa shape index (κ1) is 15.7. The first-order chi connectivity index (χ1) is 11.5. The van der Waals surface area contributed by atoms with E-state index < -0.39 is 5.91 Å². The Bertz CT molecular complexity index is 912. The predicted molar refractivity (Wildman–Crippen MR) is 87.3 cm³/mol. The maximum absolute atomic E-state index is 12.2. The number of amides is 1. The highest BCUT2D eigenvalue weighted by Crippen LogP contribution is 2.15. The van der Waals surface area contributed by atoms with Gasteiger partial charge in [0.15, 0.2) is 5.43 Å². The van der Waals surface area contributed by atoms with Crippen molar-refractivity contribution < 1.29 is 9.32 Å². The van der Waals surface area contributed by atoms with Gasteiger partial charge in [0, 0.05) is 37.1 Å². The fourth-order valence-electron chi connectivity index (χ4n) is 2.25. The summed E-state index contributed by atoms with van der Waals surface area (Å²) in [6.07, 6.45) is 2.82. The molecule has 0 aliphatic carbocycles. The van der Waals surface area contributed by atoms with Gasteiger partial charge in [-0.25, -0.2) is 0 Å². The van der Waals surface area contributed by atoms with Gasteiger partial charge >= 0.3 is 0 Å². The predicted octanol–water partition coefficient (Wildman–Crippen LogP) is 1.67. The minimum absolute atomic E-state index is 0.131. The first-order valence-electron chi connectivity index (χ1n) is 7.36. The van der Waals surface area contributed by atoms with Gasteiger partial charge in [-0.15, -0.1) is 0 Å². The molecule has 2 heterocycles. The number of aromatic nitrogens is 3. The Morgan fingerprint density at radius 2 is 2.04 bits per heavy atom. The fourth-order valence-corrected chi connectivity index (χ4v) is 2.25. The van der Waals surface area contributed by atoms with Crippen molar-refractivity contribution in [2.45, 2.75) is 13.5 Å². The molecule has 122 valence electrons. The van der Waals surface area contributed by atoms with E-state index in [-0.39, 0.29) is 11.0 Å². The molecule has 3 aromatic rings. The van der Waals surface area contributed by atoms with Crippen LogP contribution < -0.4 is 10.7 Å². The van der Waals surface area contributed by atoms with Gasteiger partial charge in [-0.05, 0) is 12.5 Å². The lowest BCUT2D eigenvalue weighted by molar-refractivity contribution is 0.0949. The van der Waals surface area contributed by atoms with Crippen LogP contribution in [0.2, 0.25) is 0 Å². The third-order valence-corrected chi connectivity index (χ3v) is 3.76. The Morgan fingerprint density at radius 3 is 2.71 bits per heavy atom. The molecule has 24 heavy (non-hydrogen) atoms. The molecule has 0 saturated heterocycles. The largest absolute Gasteiger partial charge is 0.354 e. The van der Waals surface area contributed by atoms with Crippen LogP contribution in [0, 0.1) is 6.92 Å². The molecule has 0 bridgehead atoms. The Kier molecular flexibility index (Phi) is 4.24. The zero-order chi connectivity index (χ0) is 17.1. The van der Waals surface area contributed by atoms with Crippen molar-refractivity contribution in [2.24, 2.45) is 7.05 Å². The molecule has 2 aromatic heterocycles. The van der Waals surface area contributed by atoms with Gasteiger partial charge in [0.2, 0.25) is 12.2 Å². The maximum atomic E-state index is 12.2. The van der Waals surface area contributed by atoms with E-state index in [0.29, 0.717) is 12.4 Å². The molecule has 0 spiro atoms. The lowest BCUT2D eigenvalue weighted by atomic mass is 10.1. The van der Waals surface area contributed by atoms with Crippen LogP contribution in [0.1, 0.15) is 21.6 Å². The van der Waals surface area contributed by atoms with E-state index in [2.05, 4.69) is 15.5 Å². The van der Waals surface area contributed by atoms with Crippen molar-refractivity contribution in [2.75, 3.05) is 0 Å². The summed E-state index contributed by atoms with van der Waals surface area (Å²) in [5.74, 6) is 0.117. The number of hydrogen-bond acceptors (Lipinski definition) is 5. The molecular weight excluding hydrogens is 308 g/mol. The van der Waals surface area contributed by atoms with Crippen LogP contribution in [0.15, 0.2) is 52.2 Å². The lowest BCUT2D eigenvalue weighted by Gasteiger charge is -2.08. The molecule has 1 amide bonds. The van der Waals surface area contributed by atoms with Crippen LogP contribution in [0.3, 0.4) is 0 Å². The molecule has 7 nitrogen and oxygen atoms in total. The molecule has 0 fully saturated rings. The molecule has 0 atom stereocenters. The molecule has 3 rings (SSSR count). The number of nitrogens with one attached hydrogen (secondary N) is 1. The smallest absolute Gasteiger partial charge is 0.257 e. The summed E-state index contributed by atoms with van der Waals surface area (Å²) in [5.41, 5.74) is 2.38. The molecule has 0 aliphatic heterocycles. The van der Waals surface area contributed by atoms with Crippen molar-refractivity contribution >= 4 is 5.91 Å². The summed E-state index contributed by atoms with van der Waals surface area (Å²) in [4.78, 5) is 28.1. The molecule has 1 aromatic carbocycles. The minimum Gasteiger partial charge on any atom is -0.354 e. The van der Waals surface area contributed by atoms with E-state index in [1.54, 1.807) is 17.8 Å². The van der Waals surface area contributed by atoms with E-state index in [4.69, 9.17) is 4.52 Å². The van der Waals surface area contributed by atoms with Gasteiger partial charge in [0.1, 0.15) is 5.56 Å². The van der Waals surface area contributed by atoms with Crippen LogP contribution in [-0.2, 0) is 13.6 Å². The Labute approximate surface area is 137 Å². The molecule has 7 heteroatoms. The van der Waals surface area contributed by atoms with E-state index in [0.717, 1.165) is 16.8 Å². The van der Waals surface area contributed by atoms with Gasteiger partial charge in [0.25, 0.3) is 5.91 Å². The molecule has 0 radical (unpaired) electrons. The highest BCUT2D eigenvalue weighted by atomic mass is 16.5.